The molecular formula is C19H22ClLiO3P. The number of carbonyl (C=O) groups excluding carboxylic acids is 1. The third kappa shape index (κ3) is 5.76. The normalized spacial score (nSPS) is 11.9. The molecule has 0 amide bonds. The Balaban J connectivity index is 0.00000312. The van der Waals surface area contributed by atoms with Gasteiger partial charge in [0.05, 0.1) is 23.8 Å². The van der Waals surface area contributed by atoms with Crippen molar-refractivity contribution in [3.8, 4) is 11.5 Å². The van der Waals surface area contributed by atoms with E-state index < -0.39 is 0 Å². The molecule has 1 radical (unpaired) electrons. The van der Waals surface area contributed by atoms with Crippen LogP contribution >= 0.6 is 20.2 Å². The molecule has 25 heavy (non-hydrogen) atoms. The summed E-state index contributed by atoms with van der Waals surface area (Å²) in [5, 5.41) is 1.40. The molecule has 129 valence electrons. The first-order valence-electron chi connectivity index (χ1n) is 7.87. The van der Waals surface area contributed by atoms with Crippen LogP contribution in [0.4, 0.5) is 0 Å². The van der Waals surface area contributed by atoms with Gasteiger partial charge in [-0.2, -0.15) is 0 Å². The number of carbonyl (C=O) groups is 1. The summed E-state index contributed by atoms with van der Waals surface area (Å²) in [4.78, 5) is 12.7. The molecule has 2 aromatic carbocycles. The molecule has 2 atom stereocenters. The fourth-order valence-electron chi connectivity index (χ4n) is 2.24. The van der Waals surface area contributed by atoms with Crippen molar-refractivity contribution >= 4 is 49.9 Å². The molecule has 3 nitrogen and oxygen atoms in total. The smallest absolute Gasteiger partial charge is 0.190 e. The molecule has 0 fully saturated rings. The van der Waals surface area contributed by atoms with Gasteiger partial charge in [-0.25, -0.2) is 0 Å². The van der Waals surface area contributed by atoms with E-state index in [1.807, 2.05) is 32.0 Å². The van der Waals surface area contributed by atoms with Gasteiger partial charge >= 0.3 is 0 Å². The van der Waals surface area contributed by atoms with E-state index in [2.05, 4.69) is 6.92 Å². The number of hydrogen-bond donors (Lipinski definition) is 0. The number of rotatable bonds is 7. The Morgan fingerprint density at radius 2 is 2.00 bits per heavy atom. The van der Waals surface area contributed by atoms with Crippen molar-refractivity contribution in [2.24, 2.45) is 0 Å². The van der Waals surface area contributed by atoms with Crippen LogP contribution in [0.5, 0.6) is 11.5 Å². The zero-order valence-corrected chi connectivity index (χ0v) is 17.1. The predicted octanol–water partition coefficient (Wildman–Crippen LogP) is 4.60. The van der Waals surface area contributed by atoms with E-state index in [4.69, 9.17) is 21.1 Å². The summed E-state index contributed by atoms with van der Waals surface area (Å²) in [6, 6.07) is 11.1. The largest absolute Gasteiger partial charge is 0.496 e. The third-order valence-corrected chi connectivity index (χ3v) is 5.40. The summed E-state index contributed by atoms with van der Waals surface area (Å²) in [5.74, 6) is 1.34. The van der Waals surface area contributed by atoms with Crippen molar-refractivity contribution in [3.63, 3.8) is 0 Å². The standard InChI is InChI=1S/C19H22ClO3P.Li/c1-5-13(3)23-14-9-10-17(12(2)11-14)24-19(21)18-15(20)7-6-8-16(18)22-4;/h6-11,13,24H,5H2,1-4H3;. The van der Waals surface area contributed by atoms with Crippen LogP contribution in [0.2, 0.25) is 5.02 Å². The minimum Gasteiger partial charge on any atom is -0.496 e. The number of hydrogen-bond acceptors (Lipinski definition) is 3. The molecule has 0 aliphatic heterocycles. The van der Waals surface area contributed by atoms with Crippen LogP contribution in [0.1, 0.15) is 36.2 Å². The predicted molar refractivity (Wildman–Crippen MR) is 108 cm³/mol. The molecule has 2 unspecified atom stereocenters. The van der Waals surface area contributed by atoms with Gasteiger partial charge in [-0.15, -0.1) is 0 Å². The molecule has 0 aromatic heterocycles. The van der Waals surface area contributed by atoms with E-state index in [0.29, 0.717) is 16.3 Å². The van der Waals surface area contributed by atoms with Gasteiger partial charge in [0.15, 0.2) is 5.52 Å². The van der Waals surface area contributed by atoms with Gasteiger partial charge in [0.2, 0.25) is 0 Å². The van der Waals surface area contributed by atoms with Crippen molar-refractivity contribution in [1.82, 2.24) is 0 Å². The van der Waals surface area contributed by atoms with Gasteiger partial charge in [-0.1, -0.05) is 30.7 Å². The van der Waals surface area contributed by atoms with Crippen LogP contribution in [-0.4, -0.2) is 37.6 Å². The maximum Gasteiger partial charge on any atom is 0.190 e. The van der Waals surface area contributed by atoms with Gasteiger partial charge in [-0.3, -0.25) is 4.79 Å². The molecule has 0 aliphatic rings. The minimum absolute atomic E-state index is 0. The first kappa shape index (κ1) is 22.1. The second-order valence-electron chi connectivity index (χ2n) is 5.58. The molecule has 2 rings (SSSR count). The molecule has 0 N–H and O–H groups in total. The van der Waals surface area contributed by atoms with Gasteiger partial charge in [0, 0.05) is 18.9 Å². The molecule has 2 aromatic rings. The van der Waals surface area contributed by atoms with E-state index in [0.717, 1.165) is 23.0 Å². The van der Waals surface area contributed by atoms with Crippen molar-refractivity contribution in [2.75, 3.05) is 7.11 Å². The van der Waals surface area contributed by atoms with E-state index in [9.17, 15) is 4.79 Å². The third-order valence-electron chi connectivity index (χ3n) is 3.78. The molecular weight excluding hydrogens is 350 g/mol. The maximum absolute atomic E-state index is 12.7. The molecule has 6 heteroatoms. The molecule has 0 saturated heterocycles. The van der Waals surface area contributed by atoms with Crippen LogP contribution in [-0.2, 0) is 0 Å². The summed E-state index contributed by atoms with van der Waals surface area (Å²) in [7, 11) is 1.52. The summed E-state index contributed by atoms with van der Waals surface area (Å²) in [6.45, 7) is 6.12. The number of aryl methyl sites for hydroxylation is 1. The monoisotopic (exact) mass is 371 g/mol. The quantitative estimate of drug-likeness (QED) is 0.527. The first-order chi connectivity index (χ1) is 11.5. The van der Waals surface area contributed by atoms with Crippen molar-refractivity contribution in [3.05, 3.63) is 52.5 Å². The Morgan fingerprint density at radius 3 is 2.60 bits per heavy atom. The van der Waals surface area contributed by atoms with Crippen LogP contribution < -0.4 is 14.8 Å². The Bertz CT molecular complexity index is 737. The molecule has 0 aliphatic carbocycles. The summed E-state index contributed by atoms with van der Waals surface area (Å²) in [6.07, 6.45) is 1.12. The topological polar surface area (TPSA) is 35.5 Å². The molecule has 0 heterocycles. The minimum atomic E-state index is -0.0313. The van der Waals surface area contributed by atoms with E-state index >= 15 is 0 Å². The Labute approximate surface area is 168 Å². The average Bonchev–Trinajstić information content (AvgIpc) is 2.56. The zero-order valence-electron chi connectivity index (χ0n) is 15.4. The Morgan fingerprint density at radius 1 is 1.28 bits per heavy atom. The van der Waals surface area contributed by atoms with Gasteiger partial charge in [0.1, 0.15) is 11.5 Å². The zero-order chi connectivity index (χ0) is 17.7. The SMILES string of the molecule is CCC(C)Oc1ccc(PC(=O)c2c(Cl)cccc2OC)c(C)c1.[Li]. The van der Waals surface area contributed by atoms with E-state index in [1.54, 1.807) is 18.2 Å². The Hall–Kier alpha value is -0.973. The molecule has 0 bridgehead atoms. The van der Waals surface area contributed by atoms with Crippen LogP contribution in [0, 0.1) is 6.92 Å². The summed E-state index contributed by atoms with van der Waals surface area (Å²) >= 11 is 6.19. The number of halogens is 1. The van der Waals surface area contributed by atoms with Crippen molar-refractivity contribution in [2.45, 2.75) is 33.3 Å². The van der Waals surface area contributed by atoms with Crippen LogP contribution in [0.25, 0.3) is 0 Å². The van der Waals surface area contributed by atoms with Crippen molar-refractivity contribution in [1.29, 1.82) is 0 Å². The van der Waals surface area contributed by atoms with E-state index in [1.165, 1.54) is 7.11 Å². The summed E-state index contributed by atoms with van der Waals surface area (Å²) < 4.78 is 11.1. The van der Waals surface area contributed by atoms with Crippen molar-refractivity contribution < 1.29 is 14.3 Å². The second kappa shape index (κ2) is 10.2. The maximum atomic E-state index is 12.7. The fraction of sp³-hybridized carbons (Fsp3) is 0.316. The van der Waals surface area contributed by atoms with Gasteiger partial charge in [0.25, 0.3) is 0 Å². The van der Waals surface area contributed by atoms with Gasteiger partial charge in [-0.05, 0) is 64.0 Å². The van der Waals surface area contributed by atoms with E-state index in [-0.39, 0.29) is 39.1 Å². The van der Waals surface area contributed by atoms with Gasteiger partial charge < -0.3 is 9.47 Å². The molecule has 0 spiro atoms. The number of methoxy groups -OCH3 is 1. The fourth-order valence-corrected chi connectivity index (χ4v) is 3.64. The second-order valence-corrected chi connectivity index (χ2v) is 7.23. The van der Waals surface area contributed by atoms with Crippen LogP contribution in [0.15, 0.2) is 36.4 Å². The van der Waals surface area contributed by atoms with Crippen LogP contribution in [0.3, 0.4) is 0 Å². The Kier molecular flexibility index (Phi) is 9.04. The molecule has 0 saturated carbocycles. The first-order valence-corrected chi connectivity index (χ1v) is 9.25. The summed E-state index contributed by atoms with van der Waals surface area (Å²) in [5.41, 5.74) is 1.45. The average molecular weight is 372 g/mol. The number of benzene rings is 2. The number of ether oxygens (including phenoxy) is 2.